The van der Waals surface area contributed by atoms with E-state index in [4.69, 9.17) is 11.6 Å². The Bertz CT molecular complexity index is 617. The Morgan fingerprint density at radius 3 is 2.45 bits per heavy atom. The highest BCUT2D eigenvalue weighted by molar-refractivity contribution is 8.16. The van der Waals surface area contributed by atoms with E-state index in [-0.39, 0.29) is 26.8 Å². The lowest BCUT2D eigenvalue weighted by Gasteiger charge is -2.17. The van der Waals surface area contributed by atoms with Crippen LogP contribution in [0.1, 0.15) is 32.1 Å². The fraction of sp³-hybridized carbons (Fsp3) is 0.462. The standard InChI is InChI=1S/C13H14ClN3O4S/c14-13(15-9-4-2-1-3-5-9)22-12-7-6-10(16(18)19)8-11(12)17(20)21/h6-9H,1-5H2. The van der Waals surface area contributed by atoms with Crippen molar-refractivity contribution in [2.75, 3.05) is 0 Å². The van der Waals surface area contributed by atoms with E-state index < -0.39 is 9.85 Å². The molecule has 22 heavy (non-hydrogen) atoms. The summed E-state index contributed by atoms with van der Waals surface area (Å²) in [6.07, 6.45) is 5.37. The van der Waals surface area contributed by atoms with E-state index in [9.17, 15) is 20.2 Å². The van der Waals surface area contributed by atoms with Gasteiger partial charge in [0.2, 0.25) is 0 Å². The van der Waals surface area contributed by atoms with E-state index in [1.54, 1.807) is 0 Å². The van der Waals surface area contributed by atoms with Gasteiger partial charge in [0.05, 0.1) is 26.9 Å². The molecule has 1 saturated carbocycles. The topological polar surface area (TPSA) is 98.6 Å². The van der Waals surface area contributed by atoms with Crippen molar-refractivity contribution in [1.82, 2.24) is 0 Å². The van der Waals surface area contributed by atoms with Crippen LogP contribution in [0.4, 0.5) is 11.4 Å². The van der Waals surface area contributed by atoms with Crippen LogP contribution in [0.15, 0.2) is 28.1 Å². The molecule has 0 amide bonds. The van der Waals surface area contributed by atoms with Crippen LogP contribution < -0.4 is 0 Å². The summed E-state index contributed by atoms with van der Waals surface area (Å²) in [5.41, 5.74) is -0.660. The third-order valence-electron chi connectivity index (χ3n) is 3.40. The highest BCUT2D eigenvalue weighted by Gasteiger charge is 2.21. The third kappa shape index (κ3) is 4.41. The van der Waals surface area contributed by atoms with Crippen molar-refractivity contribution in [2.45, 2.75) is 43.0 Å². The number of aliphatic imine (C=N–C) groups is 1. The van der Waals surface area contributed by atoms with Crippen molar-refractivity contribution in [3.63, 3.8) is 0 Å². The second-order valence-corrected chi connectivity index (χ2v) is 6.55. The molecule has 0 saturated heterocycles. The van der Waals surface area contributed by atoms with Crippen LogP contribution in [0.5, 0.6) is 0 Å². The molecule has 0 spiro atoms. The smallest absolute Gasteiger partial charge is 0.264 e. The molecule has 1 fully saturated rings. The van der Waals surface area contributed by atoms with Gasteiger partial charge in [0, 0.05) is 6.07 Å². The van der Waals surface area contributed by atoms with Gasteiger partial charge >= 0.3 is 0 Å². The van der Waals surface area contributed by atoms with Gasteiger partial charge in [0.1, 0.15) is 0 Å². The van der Waals surface area contributed by atoms with Gasteiger partial charge in [0.25, 0.3) is 11.4 Å². The average Bonchev–Trinajstić information content (AvgIpc) is 2.48. The molecular formula is C13H14ClN3O4S. The van der Waals surface area contributed by atoms with Gasteiger partial charge in [-0.25, -0.2) is 0 Å². The molecule has 2 rings (SSSR count). The maximum absolute atomic E-state index is 11.1. The van der Waals surface area contributed by atoms with Gasteiger partial charge in [-0.3, -0.25) is 25.2 Å². The summed E-state index contributed by atoms with van der Waals surface area (Å²) >= 11 is 7.05. The zero-order valence-corrected chi connectivity index (χ0v) is 13.2. The lowest BCUT2D eigenvalue weighted by molar-refractivity contribution is -0.396. The number of halogens is 1. The maximum atomic E-state index is 11.1. The van der Waals surface area contributed by atoms with Crippen LogP contribution in [0.25, 0.3) is 0 Å². The molecule has 1 aliphatic carbocycles. The van der Waals surface area contributed by atoms with Crippen LogP contribution in [-0.4, -0.2) is 20.4 Å². The van der Waals surface area contributed by atoms with Gasteiger partial charge in [-0.05, 0) is 18.9 Å². The van der Waals surface area contributed by atoms with Crippen LogP contribution in [-0.2, 0) is 0 Å². The molecule has 0 aliphatic heterocycles. The van der Waals surface area contributed by atoms with Crippen molar-refractivity contribution in [2.24, 2.45) is 4.99 Å². The van der Waals surface area contributed by atoms with E-state index >= 15 is 0 Å². The molecule has 118 valence electrons. The molecule has 0 N–H and O–H groups in total. The molecule has 0 aromatic heterocycles. The predicted molar refractivity (Wildman–Crippen MR) is 85.8 cm³/mol. The van der Waals surface area contributed by atoms with Crippen molar-refractivity contribution in [3.8, 4) is 0 Å². The largest absolute Gasteiger partial charge is 0.290 e. The third-order valence-corrected chi connectivity index (χ3v) is 4.57. The Kier molecular flexibility index (Phi) is 5.73. The predicted octanol–water partition coefficient (Wildman–Crippen LogP) is 4.52. The normalized spacial score (nSPS) is 16.5. The maximum Gasteiger partial charge on any atom is 0.290 e. The van der Waals surface area contributed by atoms with E-state index in [0.29, 0.717) is 0 Å². The molecule has 0 atom stereocenters. The Morgan fingerprint density at radius 1 is 1.18 bits per heavy atom. The Balaban J connectivity index is 2.19. The lowest BCUT2D eigenvalue weighted by Crippen LogP contribution is -2.10. The summed E-state index contributed by atoms with van der Waals surface area (Å²) in [5.74, 6) is 0. The zero-order valence-electron chi connectivity index (χ0n) is 11.6. The molecule has 0 heterocycles. The number of hydrogen-bond donors (Lipinski definition) is 0. The molecule has 0 bridgehead atoms. The van der Waals surface area contributed by atoms with Gasteiger partial charge in [-0.15, -0.1) is 0 Å². The number of nitro groups is 2. The second-order valence-electron chi connectivity index (χ2n) is 4.94. The minimum atomic E-state index is -0.667. The first kappa shape index (κ1) is 16.7. The Labute approximate surface area is 136 Å². The summed E-state index contributed by atoms with van der Waals surface area (Å²) in [4.78, 5) is 25.1. The molecule has 1 aromatic rings. The van der Waals surface area contributed by atoms with Crippen LogP contribution >= 0.6 is 23.4 Å². The fourth-order valence-electron chi connectivity index (χ4n) is 2.32. The Morgan fingerprint density at radius 2 is 1.86 bits per heavy atom. The zero-order chi connectivity index (χ0) is 16.1. The van der Waals surface area contributed by atoms with Gasteiger partial charge in [0.15, 0.2) is 4.50 Å². The van der Waals surface area contributed by atoms with E-state index in [2.05, 4.69) is 4.99 Å². The minimum absolute atomic E-state index is 0.158. The number of thioether (sulfide) groups is 1. The van der Waals surface area contributed by atoms with Crippen molar-refractivity contribution in [3.05, 3.63) is 38.4 Å². The van der Waals surface area contributed by atoms with Gasteiger partial charge < -0.3 is 0 Å². The van der Waals surface area contributed by atoms with Crippen LogP contribution in [0, 0.1) is 20.2 Å². The van der Waals surface area contributed by atoms with E-state index in [1.807, 2.05) is 0 Å². The van der Waals surface area contributed by atoms with Gasteiger partial charge in [-0.1, -0.05) is 42.6 Å². The average molecular weight is 344 g/mol. The molecule has 0 radical (unpaired) electrons. The number of benzene rings is 1. The van der Waals surface area contributed by atoms with E-state index in [1.165, 1.54) is 18.6 Å². The van der Waals surface area contributed by atoms with Gasteiger partial charge in [-0.2, -0.15) is 0 Å². The summed E-state index contributed by atoms with van der Waals surface area (Å²) in [7, 11) is 0. The molecule has 1 aromatic carbocycles. The fourth-order valence-corrected chi connectivity index (χ4v) is 3.46. The second kappa shape index (κ2) is 7.55. The minimum Gasteiger partial charge on any atom is -0.264 e. The molecule has 9 heteroatoms. The first-order valence-corrected chi connectivity index (χ1v) is 8.01. The molecule has 0 unspecified atom stereocenters. The first-order valence-electron chi connectivity index (χ1n) is 6.81. The molecular weight excluding hydrogens is 330 g/mol. The summed E-state index contributed by atoms with van der Waals surface area (Å²) in [6, 6.07) is 3.65. The quantitative estimate of drug-likeness (QED) is 0.263. The van der Waals surface area contributed by atoms with Crippen molar-refractivity contribution >= 4 is 39.2 Å². The Hall–Kier alpha value is -1.67. The number of nitro benzene ring substituents is 2. The highest BCUT2D eigenvalue weighted by Crippen LogP contribution is 2.34. The van der Waals surface area contributed by atoms with Crippen molar-refractivity contribution < 1.29 is 9.85 Å². The SMILES string of the molecule is O=[N+]([O-])c1ccc(SC(Cl)=NC2CCCCC2)c([N+](=O)[O-])c1. The lowest BCUT2D eigenvalue weighted by atomic mass is 9.96. The highest BCUT2D eigenvalue weighted by atomic mass is 35.5. The number of nitrogens with zero attached hydrogens (tertiary/aromatic N) is 3. The van der Waals surface area contributed by atoms with Crippen molar-refractivity contribution in [1.29, 1.82) is 0 Å². The first-order chi connectivity index (χ1) is 10.5. The van der Waals surface area contributed by atoms with Crippen LogP contribution in [0.3, 0.4) is 0 Å². The summed E-state index contributed by atoms with van der Waals surface area (Å²) in [5, 5.41) is 21.8. The van der Waals surface area contributed by atoms with Crippen LogP contribution in [0.2, 0.25) is 0 Å². The summed E-state index contributed by atoms with van der Waals surface area (Å²) < 4.78 is 0.226. The number of non-ortho nitro benzene ring substituents is 1. The molecule has 7 nitrogen and oxygen atoms in total. The number of hydrogen-bond acceptors (Lipinski definition) is 6. The summed E-state index contributed by atoms with van der Waals surface area (Å²) in [6.45, 7) is 0. The molecule has 1 aliphatic rings. The number of rotatable bonds is 4. The van der Waals surface area contributed by atoms with E-state index in [0.717, 1.165) is 43.5 Å². The monoisotopic (exact) mass is 343 g/mol.